The van der Waals surface area contributed by atoms with Gasteiger partial charge in [-0.05, 0) is 192 Å². The van der Waals surface area contributed by atoms with Crippen molar-refractivity contribution in [3.8, 4) is 44.5 Å². The molecule has 2 aliphatic rings. The lowest BCUT2D eigenvalue weighted by atomic mass is 9.88. The van der Waals surface area contributed by atoms with Gasteiger partial charge in [0.05, 0.1) is 0 Å². The van der Waals surface area contributed by atoms with Crippen molar-refractivity contribution in [1.82, 2.24) is 0 Å². The highest BCUT2D eigenvalue weighted by molar-refractivity contribution is 6.40. The second-order valence-electron chi connectivity index (χ2n) is 16.1. The van der Waals surface area contributed by atoms with Crippen molar-refractivity contribution in [1.29, 1.82) is 0 Å². The van der Waals surface area contributed by atoms with Gasteiger partial charge in [-0.3, -0.25) is 0 Å². The van der Waals surface area contributed by atoms with Crippen molar-refractivity contribution >= 4 is 64.6 Å². The van der Waals surface area contributed by atoms with Gasteiger partial charge in [0, 0.05) is 0 Å². The molecule has 0 aromatic heterocycles. The molecule has 2 aliphatic carbocycles. The molecule has 0 saturated carbocycles. The summed E-state index contributed by atoms with van der Waals surface area (Å²) in [6.45, 7) is 8.99. The Hall–Kier alpha value is -6.50. The zero-order valence-corrected chi connectivity index (χ0v) is 30.7. The normalized spacial score (nSPS) is 12.8. The molecule has 0 N–H and O–H groups in total. The van der Waals surface area contributed by atoms with E-state index in [1.54, 1.807) is 0 Å². The van der Waals surface area contributed by atoms with E-state index in [0.29, 0.717) is 0 Å². The summed E-state index contributed by atoms with van der Waals surface area (Å²) in [4.78, 5) is 0. The molecular formula is C54H34. The Bertz CT molecular complexity index is 3650. The molecule has 0 aliphatic heterocycles. The quantitative estimate of drug-likeness (QED) is 0.170. The summed E-state index contributed by atoms with van der Waals surface area (Å²) in [7, 11) is 0. The Morgan fingerprint density at radius 3 is 1.35 bits per heavy atom. The third-order valence-electron chi connectivity index (χ3n) is 13.4. The lowest BCUT2D eigenvalue weighted by Gasteiger charge is -2.15. The van der Waals surface area contributed by atoms with Crippen molar-refractivity contribution in [3.63, 3.8) is 0 Å². The molecule has 0 amide bonds. The summed E-state index contributed by atoms with van der Waals surface area (Å²) < 4.78 is 0. The molecule has 11 aromatic rings. The van der Waals surface area contributed by atoms with Gasteiger partial charge in [0.15, 0.2) is 0 Å². The topological polar surface area (TPSA) is 0 Å². The minimum absolute atomic E-state index is 1.33. The Morgan fingerprint density at radius 1 is 0.259 bits per heavy atom. The van der Waals surface area contributed by atoms with E-state index in [-0.39, 0.29) is 0 Å². The lowest BCUT2D eigenvalue weighted by Crippen LogP contribution is -1.91. The van der Waals surface area contributed by atoms with Crippen LogP contribution in [0.3, 0.4) is 0 Å². The van der Waals surface area contributed by atoms with Crippen LogP contribution < -0.4 is 0 Å². The van der Waals surface area contributed by atoms with Crippen LogP contribution in [-0.4, -0.2) is 0 Å². The van der Waals surface area contributed by atoms with Gasteiger partial charge in [-0.25, -0.2) is 0 Å². The first kappa shape index (κ1) is 29.0. The molecule has 0 unspecified atom stereocenters. The van der Waals surface area contributed by atoms with Crippen LogP contribution in [0.5, 0.6) is 0 Å². The number of fused-ring (bicyclic) bond motifs is 10. The molecule has 0 saturated heterocycles. The van der Waals surface area contributed by atoms with E-state index < -0.39 is 0 Å². The Morgan fingerprint density at radius 2 is 0.722 bits per heavy atom. The van der Waals surface area contributed by atoms with E-state index in [2.05, 4.69) is 161 Å². The summed E-state index contributed by atoms with van der Waals surface area (Å²) in [6.07, 6.45) is 0. The van der Waals surface area contributed by atoms with Crippen LogP contribution in [0.4, 0.5) is 0 Å². The fourth-order valence-electron chi connectivity index (χ4n) is 11.3. The van der Waals surface area contributed by atoms with Crippen molar-refractivity contribution in [3.05, 3.63) is 177 Å². The fraction of sp³-hybridized carbons (Fsp3) is 0.0741. The van der Waals surface area contributed by atoms with Gasteiger partial charge in [0.25, 0.3) is 0 Å². The second kappa shape index (κ2) is 9.72. The summed E-state index contributed by atoms with van der Waals surface area (Å²) >= 11 is 0. The Labute approximate surface area is 312 Å². The number of aryl methyl sites for hydroxylation is 4. The van der Waals surface area contributed by atoms with Gasteiger partial charge < -0.3 is 0 Å². The molecule has 13 rings (SSSR count). The fourth-order valence-corrected chi connectivity index (χ4v) is 11.3. The second-order valence-corrected chi connectivity index (χ2v) is 16.1. The molecule has 0 heteroatoms. The Balaban J connectivity index is 1.11. The molecule has 0 radical (unpaired) electrons. The molecule has 0 spiro atoms. The van der Waals surface area contributed by atoms with E-state index in [1.807, 2.05) is 0 Å². The van der Waals surface area contributed by atoms with Crippen molar-refractivity contribution < 1.29 is 0 Å². The zero-order chi connectivity index (χ0) is 35.7. The van der Waals surface area contributed by atoms with Crippen LogP contribution in [0.25, 0.3) is 109 Å². The first-order chi connectivity index (χ1) is 26.5. The third-order valence-corrected chi connectivity index (χ3v) is 13.4. The molecular weight excluding hydrogens is 649 g/mol. The number of benzene rings is 9. The molecule has 250 valence electrons. The average Bonchev–Trinajstić information content (AvgIpc) is 3.89. The minimum atomic E-state index is 1.33. The van der Waals surface area contributed by atoms with Crippen molar-refractivity contribution in [2.45, 2.75) is 27.7 Å². The first-order valence-corrected chi connectivity index (χ1v) is 19.3. The molecule has 0 bridgehead atoms. The van der Waals surface area contributed by atoms with E-state index in [4.69, 9.17) is 0 Å². The monoisotopic (exact) mass is 682 g/mol. The van der Waals surface area contributed by atoms with E-state index in [0.717, 1.165) is 0 Å². The lowest BCUT2D eigenvalue weighted by molar-refractivity contribution is 1.36. The highest BCUT2D eigenvalue weighted by Crippen LogP contribution is 2.56. The van der Waals surface area contributed by atoms with Crippen LogP contribution in [0.2, 0.25) is 0 Å². The SMILES string of the molecule is Cc1cccc(C)c1-c1cccc2c1-c1ccc3c4cc5c(cc4c4ccc-2c1c34)c1ccc2c3c(ccc5c31)=c1cccc(-c3c(C)cccc3C)c1=2. The summed E-state index contributed by atoms with van der Waals surface area (Å²) in [5.41, 5.74) is 16.2. The van der Waals surface area contributed by atoms with Crippen molar-refractivity contribution in [2.75, 3.05) is 0 Å². The number of hydrogen-bond acceptors (Lipinski definition) is 0. The van der Waals surface area contributed by atoms with Gasteiger partial charge >= 0.3 is 0 Å². The highest BCUT2D eigenvalue weighted by atomic mass is 14.3. The van der Waals surface area contributed by atoms with E-state index in [1.165, 1.54) is 152 Å². The molecule has 54 heavy (non-hydrogen) atoms. The summed E-state index contributed by atoms with van der Waals surface area (Å²) in [5, 5.41) is 22.0. The van der Waals surface area contributed by atoms with Gasteiger partial charge in [0.1, 0.15) is 0 Å². The molecule has 0 atom stereocenters. The standard InChI is InChI=1S/C54H34/c1-27-9-5-10-28(2)47(27)39-15-7-13-31-33-17-19-35-43-25-46-38-22-24-42-50-32(14-8-16-40(50)48-29(3)11-6-12-30(48)4)34-18-20-36(52(38)54(34)42)44(46)26-45(43)37-21-23-41(49(31)39)53(33)51(35)37/h5-26H,1-4H3. The Kier molecular flexibility index (Phi) is 5.22. The smallest absolute Gasteiger partial charge is 0.00137 e. The molecule has 0 heterocycles. The summed E-state index contributed by atoms with van der Waals surface area (Å²) in [6, 6.07) is 51.5. The van der Waals surface area contributed by atoms with Crippen LogP contribution >= 0.6 is 0 Å². The van der Waals surface area contributed by atoms with Gasteiger partial charge in [-0.1, -0.05) is 121 Å². The van der Waals surface area contributed by atoms with E-state index in [9.17, 15) is 0 Å². The molecule has 0 fully saturated rings. The number of rotatable bonds is 2. The van der Waals surface area contributed by atoms with Gasteiger partial charge in [0.2, 0.25) is 0 Å². The number of hydrogen-bond donors (Lipinski definition) is 0. The van der Waals surface area contributed by atoms with E-state index >= 15 is 0 Å². The maximum absolute atomic E-state index is 2.52. The largest absolute Gasteiger partial charge is 0.0617 e. The van der Waals surface area contributed by atoms with Gasteiger partial charge in [-0.15, -0.1) is 0 Å². The maximum Gasteiger partial charge on any atom is -0.00137 e. The van der Waals surface area contributed by atoms with Crippen LogP contribution in [0.1, 0.15) is 22.3 Å². The summed E-state index contributed by atoms with van der Waals surface area (Å²) in [5.74, 6) is 0. The third kappa shape index (κ3) is 3.29. The highest BCUT2D eigenvalue weighted by Gasteiger charge is 2.29. The molecule has 0 nitrogen and oxygen atoms in total. The maximum atomic E-state index is 2.52. The molecule has 11 aromatic carbocycles. The van der Waals surface area contributed by atoms with Crippen LogP contribution in [0.15, 0.2) is 133 Å². The van der Waals surface area contributed by atoms with Crippen LogP contribution in [-0.2, 0) is 0 Å². The first-order valence-electron chi connectivity index (χ1n) is 19.3. The minimum Gasteiger partial charge on any atom is -0.0617 e. The van der Waals surface area contributed by atoms with Gasteiger partial charge in [-0.2, -0.15) is 0 Å². The zero-order valence-electron chi connectivity index (χ0n) is 30.7. The average molecular weight is 683 g/mol. The predicted octanol–water partition coefficient (Wildman–Crippen LogP) is 14.6. The predicted molar refractivity (Wildman–Crippen MR) is 230 cm³/mol. The van der Waals surface area contributed by atoms with Crippen LogP contribution in [0, 0.1) is 48.6 Å². The van der Waals surface area contributed by atoms with Crippen molar-refractivity contribution in [2.24, 2.45) is 0 Å².